The second kappa shape index (κ2) is 5.72. The molecule has 0 saturated heterocycles. The summed E-state index contributed by atoms with van der Waals surface area (Å²) in [5, 5.41) is 3.74. The van der Waals surface area contributed by atoms with E-state index in [-0.39, 0.29) is 17.7 Å². The Morgan fingerprint density at radius 3 is 2.50 bits per heavy atom. The minimum Gasteiger partial charge on any atom is -0.349 e. The Labute approximate surface area is 115 Å². The second-order valence-corrected chi connectivity index (χ2v) is 5.25. The summed E-state index contributed by atoms with van der Waals surface area (Å²) in [5.41, 5.74) is 0.415. The van der Waals surface area contributed by atoms with Crippen molar-refractivity contribution in [3.8, 4) is 0 Å². The highest BCUT2D eigenvalue weighted by molar-refractivity contribution is 6.36. The lowest BCUT2D eigenvalue weighted by atomic mass is 9.94. The molecule has 1 aliphatic carbocycles. The average molecular weight is 286 g/mol. The molecule has 1 amide bonds. The molecule has 1 saturated carbocycles. The zero-order valence-electron chi connectivity index (χ0n) is 9.71. The van der Waals surface area contributed by atoms with Crippen LogP contribution < -0.4 is 5.32 Å². The van der Waals surface area contributed by atoms with E-state index in [0.717, 1.165) is 0 Å². The van der Waals surface area contributed by atoms with Crippen molar-refractivity contribution in [2.75, 3.05) is 0 Å². The first-order valence-electron chi connectivity index (χ1n) is 5.84. The van der Waals surface area contributed by atoms with E-state index in [1.807, 2.05) is 0 Å². The Kier molecular flexibility index (Phi) is 4.25. The Balaban J connectivity index is 2.01. The predicted octanol–water partition coefficient (Wildman–Crippen LogP) is 3.23. The van der Waals surface area contributed by atoms with E-state index in [4.69, 9.17) is 23.2 Å². The van der Waals surface area contributed by atoms with Crippen molar-refractivity contribution in [2.24, 2.45) is 0 Å². The Morgan fingerprint density at radius 1 is 1.22 bits per heavy atom. The molecule has 1 aromatic rings. The van der Waals surface area contributed by atoms with E-state index >= 15 is 0 Å². The maximum Gasteiger partial charge on any atom is 0.253 e. The molecule has 3 nitrogen and oxygen atoms in total. The van der Waals surface area contributed by atoms with Crippen molar-refractivity contribution in [3.63, 3.8) is 0 Å². The molecular weight excluding hydrogens is 273 g/mol. The van der Waals surface area contributed by atoms with Crippen molar-refractivity contribution in [3.05, 3.63) is 33.8 Å². The molecule has 0 spiro atoms. The average Bonchev–Trinajstić information content (AvgIpc) is 2.32. The van der Waals surface area contributed by atoms with Crippen LogP contribution in [0.1, 0.15) is 36.0 Å². The van der Waals surface area contributed by atoms with Crippen molar-refractivity contribution in [2.45, 2.75) is 31.7 Å². The topological polar surface area (TPSA) is 46.2 Å². The molecular formula is C13H13Cl2NO2. The number of hydrogen-bond donors (Lipinski definition) is 1. The van der Waals surface area contributed by atoms with Crippen LogP contribution in [0.4, 0.5) is 0 Å². The SMILES string of the molecule is O=C1CCC(NC(=O)c2ccc(Cl)cc2Cl)CC1. The van der Waals surface area contributed by atoms with Crippen LogP contribution in [-0.4, -0.2) is 17.7 Å². The summed E-state index contributed by atoms with van der Waals surface area (Å²) in [5.74, 6) is 0.0565. The van der Waals surface area contributed by atoms with Gasteiger partial charge in [0.2, 0.25) is 0 Å². The second-order valence-electron chi connectivity index (χ2n) is 4.41. The fourth-order valence-electron chi connectivity index (χ4n) is 2.02. The summed E-state index contributed by atoms with van der Waals surface area (Å²) in [6, 6.07) is 4.84. The fourth-order valence-corrected chi connectivity index (χ4v) is 2.52. The molecule has 0 atom stereocenters. The van der Waals surface area contributed by atoms with Gasteiger partial charge in [0.25, 0.3) is 5.91 Å². The number of halogens is 2. The minimum atomic E-state index is -0.212. The first kappa shape index (κ1) is 13.4. The molecule has 96 valence electrons. The van der Waals surface area contributed by atoms with E-state index in [1.165, 1.54) is 0 Å². The molecule has 0 heterocycles. The minimum absolute atomic E-state index is 0.0574. The van der Waals surface area contributed by atoms with Gasteiger partial charge in [-0.05, 0) is 31.0 Å². The monoisotopic (exact) mass is 285 g/mol. The summed E-state index contributed by atoms with van der Waals surface area (Å²) in [4.78, 5) is 23.1. The molecule has 18 heavy (non-hydrogen) atoms. The van der Waals surface area contributed by atoms with Crippen LogP contribution in [0.3, 0.4) is 0 Å². The third-order valence-electron chi connectivity index (χ3n) is 3.05. The van der Waals surface area contributed by atoms with Gasteiger partial charge in [-0.3, -0.25) is 9.59 Å². The van der Waals surface area contributed by atoms with Gasteiger partial charge in [-0.1, -0.05) is 23.2 Å². The Bertz CT molecular complexity index is 478. The maximum absolute atomic E-state index is 12.0. The quantitative estimate of drug-likeness (QED) is 0.907. The van der Waals surface area contributed by atoms with Crippen molar-refractivity contribution in [1.29, 1.82) is 0 Å². The van der Waals surface area contributed by atoms with E-state index in [1.54, 1.807) is 18.2 Å². The van der Waals surface area contributed by atoms with Gasteiger partial charge in [0.05, 0.1) is 10.6 Å². The highest BCUT2D eigenvalue weighted by Crippen LogP contribution is 2.22. The Morgan fingerprint density at radius 2 is 1.89 bits per heavy atom. The van der Waals surface area contributed by atoms with E-state index in [2.05, 4.69) is 5.32 Å². The lowest BCUT2D eigenvalue weighted by Crippen LogP contribution is -2.37. The first-order chi connectivity index (χ1) is 8.56. The number of nitrogens with one attached hydrogen (secondary N) is 1. The van der Waals surface area contributed by atoms with Crippen LogP contribution in [-0.2, 0) is 4.79 Å². The zero-order chi connectivity index (χ0) is 13.1. The predicted molar refractivity (Wildman–Crippen MR) is 71.2 cm³/mol. The van der Waals surface area contributed by atoms with Crippen LogP contribution in [0, 0.1) is 0 Å². The number of amides is 1. The van der Waals surface area contributed by atoms with Crippen LogP contribution in [0.25, 0.3) is 0 Å². The highest BCUT2D eigenvalue weighted by Gasteiger charge is 2.21. The van der Waals surface area contributed by atoms with E-state index in [9.17, 15) is 9.59 Å². The standard InChI is InChI=1S/C13H13Cl2NO2/c14-8-1-6-11(12(15)7-8)13(18)16-9-2-4-10(17)5-3-9/h1,6-7,9H,2-5H2,(H,16,18). The number of benzene rings is 1. The molecule has 1 aromatic carbocycles. The molecule has 0 unspecified atom stereocenters. The number of hydrogen-bond acceptors (Lipinski definition) is 2. The molecule has 0 bridgehead atoms. The van der Waals surface area contributed by atoms with Crippen LogP contribution in [0.5, 0.6) is 0 Å². The number of carbonyl (C=O) groups is 2. The highest BCUT2D eigenvalue weighted by atomic mass is 35.5. The van der Waals surface area contributed by atoms with Gasteiger partial charge < -0.3 is 5.32 Å². The molecule has 0 radical (unpaired) electrons. The number of rotatable bonds is 2. The van der Waals surface area contributed by atoms with Gasteiger partial charge in [0.1, 0.15) is 5.78 Å². The summed E-state index contributed by atoms with van der Waals surface area (Å²) < 4.78 is 0. The molecule has 0 aliphatic heterocycles. The largest absolute Gasteiger partial charge is 0.349 e. The van der Waals surface area contributed by atoms with Gasteiger partial charge in [0.15, 0.2) is 0 Å². The molecule has 1 N–H and O–H groups in total. The van der Waals surface area contributed by atoms with Crippen LogP contribution in [0.2, 0.25) is 10.0 Å². The third-order valence-corrected chi connectivity index (χ3v) is 3.60. The number of carbonyl (C=O) groups excluding carboxylic acids is 2. The lowest BCUT2D eigenvalue weighted by Gasteiger charge is -2.22. The number of Topliss-reactive ketones (excluding diaryl/α,β-unsaturated/α-hetero) is 1. The third kappa shape index (κ3) is 3.24. The number of ketones is 1. The van der Waals surface area contributed by atoms with Crippen LogP contribution >= 0.6 is 23.2 Å². The summed E-state index contributed by atoms with van der Waals surface area (Å²) >= 11 is 11.7. The summed E-state index contributed by atoms with van der Waals surface area (Å²) in [6.45, 7) is 0. The summed E-state index contributed by atoms with van der Waals surface area (Å²) in [7, 11) is 0. The summed E-state index contributed by atoms with van der Waals surface area (Å²) in [6.07, 6.45) is 2.49. The van der Waals surface area contributed by atoms with Gasteiger partial charge >= 0.3 is 0 Å². The van der Waals surface area contributed by atoms with Crippen molar-refractivity contribution in [1.82, 2.24) is 5.32 Å². The first-order valence-corrected chi connectivity index (χ1v) is 6.59. The molecule has 0 aromatic heterocycles. The molecule has 2 rings (SSSR count). The maximum atomic E-state index is 12.0. The zero-order valence-corrected chi connectivity index (χ0v) is 11.2. The van der Waals surface area contributed by atoms with E-state index < -0.39 is 0 Å². The smallest absolute Gasteiger partial charge is 0.253 e. The Hall–Kier alpha value is -1.06. The molecule has 1 aliphatic rings. The van der Waals surface area contributed by atoms with Crippen molar-refractivity contribution < 1.29 is 9.59 Å². The van der Waals surface area contributed by atoms with Gasteiger partial charge in [-0.25, -0.2) is 0 Å². The van der Waals surface area contributed by atoms with Gasteiger partial charge in [-0.15, -0.1) is 0 Å². The molecule has 5 heteroatoms. The normalized spacial score (nSPS) is 16.7. The molecule has 1 fully saturated rings. The van der Waals surface area contributed by atoms with Gasteiger partial charge in [-0.2, -0.15) is 0 Å². The van der Waals surface area contributed by atoms with E-state index in [0.29, 0.717) is 41.3 Å². The van der Waals surface area contributed by atoms with Crippen LogP contribution in [0.15, 0.2) is 18.2 Å². The van der Waals surface area contributed by atoms with Crippen molar-refractivity contribution >= 4 is 34.9 Å². The lowest BCUT2D eigenvalue weighted by molar-refractivity contribution is -0.120. The van der Waals surface area contributed by atoms with Gasteiger partial charge in [0, 0.05) is 23.9 Å². The fraction of sp³-hybridized carbons (Fsp3) is 0.385.